The van der Waals surface area contributed by atoms with Gasteiger partial charge in [-0.3, -0.25) is 4.90 Å². The number of nitrogens with zero attached hydrogens (tertiary/aromatic N) is 1. The standard InChI is InChI=1S/C16H28N2O2/c1-13(2)11-18(7-9-19-3)12-16-14(6-8-20-16)10-17-15-4-5-15/h6,8,13,15,17H,4-5,7,9-12H2,1-3H3. The van der Waals surface area contributed by atoms with Crippen LogP contribution in [0, 0.1) is 5.92 Å². The summed E-state index contributed by atoms with van der Waals surface area (Å²) >= 11 is 0. The molecule has 0 aromatic carbocycles. The van der Waals surface area contributed by atoms with Crippen molar-refractivity contribution in [3.63, 3.8) is 0 Å². The third-order valence-electron chi connectivity index (χ3n) is 3.60. The van der Waals surface area contributed by atoms with Crippen molar-refractivity contribution in [2.75, 3.05) is 26.8 Å². The van der Waals surface area contributed by atoms with Crippen LogP contribution in [0.1, 0.15) is 38.0 Å². The third kappa shape index (κ3) is 5.27. The minimum Gasteiger partial charge on any atom is -0.468 e. The van der Waals surface area contributed by atoms with E-state index in [4.69, 9.17) is 9.15 Å². The first-order valence-corrected chi connectivity index (χ1v) is 7.69. The SMILES string of the molecule is COCCN(Cc1occc1CNC1CC1)CC(C)C. The van der Waals surface area contributed by atoms with E-state index in [9.17, 15) is 0 Å². The van der Waals surface area contributed by atoms with Gasteiger partial charge >= 0.3 is 0 Å². The Morgan fingerprint density at radius 3 is 2.90 bits per heavy atom. The van der Waals surface area contributed by atoms with Crippen molar-refractivity contribution < 1.29 is 9.15 Å². The van der Waals surface area contributed by atoms with Gasteiger partial charge in [-0.25, -0.2) is 0 Å². The normalized spacial score (nSPS) is 15.4. The summed E-state index contributed by atoms with van der Waals surface area (Å²) in [6.45, 7) is 9.08. The first-order valence-electron chi connectivity index (χ1n) is 7.69. The Labute approximate surface area is 122 Å². The van der Waals surface area contributed by atoms with Crippen molar-refractivity contribution in [3.05, 3.63) is 23.7 Å². The molecule has 1 N–H and O–H groups in total. The smallest absolute Gasteiger partial charge is 0.122 e. The Bertz CT molecular complexity index is 386. The lowest BCUT2D eigenvalue weighted by Crippen LogP contribution is -2.31. The maximum Gasteiger partial charge on any atom is 0.122 e. The lowest BCUT2D eigenvalue weighted by Gasteiger charge is -2.23. The summed E-state index contributed by atoms with van der Waals surface area (Å²) in [7, 11) is 1.76. The van der Waals surface area contributed by atoms with Gasteiger partial charge in [0.2, 0.25) is 0 Å². The highest BCUT2D eigenvalue weighted by molar-refractivity contribution is 5.17. The second kappa shape index (κ2) is 7.81. The van der Waals surface area contributed by atoms with Crippen LogP contribution in [0.4, 0.5) is 0 Å². The van der Waals surface area contributed by atoms with Crippen LogP contribution < -0.4 is 5.32 Å². The minimum atomic E-state index is 0.648. The van der Waals surface area contributed by atoms with Crippen molar-refractivity contribution in [2.24, 2.45) is 5.92 Å². The van der Waals surface area contributed by atoms with Gasteiger partial charge in [0, 0.05) is 38.3 Å². The summed E-state index contributed by atoms with van der Waals surface area (Å²) in [4.78, 5) is 2.41. The van der Waals surface area contributed by atoms with Crippen molar-refractivity contribution in [1.82, 2.24) is 10.2 Å². The van der Waals surface area contributed by atoms with Crippen LogP contribution in [0.2, 0.25) is 0 Å². The van der Waals surface area contributed by atoms with Gasteiger partial charge in [-0.1, -0.05) is 13.8 Å². The van der Waals surface area contributed by atoms with E-state index in [1.54, 1.807) is 7.11 Å². The predicted octanol–water partition coefficient (Wildman–Crippen LogP) is 2.64. The lowest BCUT2D eigenvalue weighted by molar-refractivity contribution is 0.130. The van der Waals surface area contributed by atoms with E-state index in [0.29, 0.717) is 5.92 Å². The number of furan rings is 1. The van der Waals surface area contributed by atoms with Gasteiger partial charge in [-0.05, 0) is 24.8 Å². The van der Waals surface area contributed by atoms with Crippen LogP contribution in [0.25, 0.3) is 0 Å². The number of hydrogen-bond donors (Lipinski definition) is 1. The van der Waals surface area contributed by atoms with Gasteiger partial charge in [0.25, 0.3) is 0 Å². The zero-order valence-electron chi connectivity index (χ0n) is 13.0. The number of hydrogen-bond acceptors (Lipinski definition) is 4. The molecule has 1 aliphatic carbocycles. The van der Waals surface area contributed by atoms with E-state index in [-0.39, 0.29) is 0 Å². The number of ether oxygens (including phenoxy) is 1. The zero-order valence-corrected chi connectivity index (χ0v) is 13.0. The Balaban J connectivity index is 1.88. The lowest BCUT2D eigenvalue weighted by atomic mass is 10.2. The molecule has 4 nitrogen and oxygen atoms in total. The topological polar surface area (TPSA) is 37.6 Å². The van der Waals surface area contributed by atoms with Crippen LogP contribution in [-0.2, 0) is 17.8 Å². The van der Waals surface area contributed by atoms with Crippen LogP contribution in [0.3, 0.4) is 0 Å². The minimum absolute atomic E-state index is 0.648. The largest absolute Gasteiger partial charge is 0.468 e. The molecule has 1 aromatic heterocycles. The second-order valence-corrected chi connectivity index (χ2v) is 6.15. The van der Waals surface area contributed by atoms with Gasteiger partial charge in [-0.15, -0.1) is 0 Å². The van der Waals surface area contributed by atoms with Gasteiger partial charge in [0.05, 0.1) is 19.4 Å². The van der Waals surface area contributed by atoms with Crippen molar-refractivity contribution in [1.29, 1.82) is 0 Å². The third-order valence-corrected chi connectivity index (χ3v) is 3.60. The summed E-state index contributed by atoms with van der Waals surface area (Å²) in [6.07, 6.45) is 4.45. The van der Waals surface area contributed by atoms with Crippen LogP contribution >= 0.6 is 0 Å². The molecular weight excluding hydrogens is 252 g/mol. The summed E-state index contributed by atoms with van der Waals surface area (Å²) in [5, 5.41) is 3.55. The van der Waals surface area contributed by atoms with Crippen LogP contribution in [-0.4, -0.2) is 37.7 Å². The van der Waals surface area contributed by atoms with Gasteiger partial charge in [0.15, 0.2) is 0 Å². The molecule has 114 valence electrons. The summed E-state index contributed by atoms with van der Waals surface area (Å²) < 4.78 is 10.9. The number of methoxy groups -OCH3 is 1. The molecule has 0 spiro atoms. The van der Waals surface area contributed by atoms with Crippen molar-refractivity contribution in [2.45, 2.75) is 45.8 Å². The molecule has 1 aliphatic rings. The van der Waals surface area contributed by atoms with E-state index in [1.807, 2.05) is 6.26 Å². The Morgan fingerprint density at radius 2 is 2.25 bits per heavy atom. The fraction of sp³-hybridized carbons (Fsp3) is 0.750. The van der Waals surface area contributed by atoms with Gasteiger partial charge in [-0.2, -0.15) is 0 Å². The van der Waals surface area contributed by atoms with E-state index in [1.165, 1.54) is 18.4 Å². The summed E-state index contributed by atoms with van der Waals surface area (Å²) in [5.41, 5.74) is 1.29. The van der Waals surface area contributed by atoms with Crippen LogP contribution in [0.15, 0.2) is 16.7 Å². The highest BCUT2D eigenvalue weighted by Gasteiger charge is 2.21. The van der Waals surface area contributed by atoms with E-state index >= 15 is 0 Å². The highest BCUT2D eigenvalue weighted by atomic mass is 16.5. The van der Waals surface area contributed by atoms with Crippen LogP contribution in [0.5, 0.6) is 0 Å². The highest BCUT2D eigenvalue weighted by Crippen LogP contribution is 2.21. The quantitative estimate of drug-likeness (QED) is 0.715. The molecule has 0 unspecified atom stereocenters. The molecule has 1 aromatic rings. The monoisotopic (exact) mass is 280 g/mol. The van der Waals surface area contributed by atoms with Gasteiger partial charge in [0.1, 0.15) is 5.76 Å². The van der Waals surface area contributed by atoms with Crippen molar-refractivity contribution in [3.8, 4) is 0 Å². The summed E-state index contributed by atoms with van der Waals surface area (Å²) in [6, 6.07) is 2.83. The molecule has 0 amide bonds. The van der Waals surface area contributed by atoms with E-state index < -0.39 is 0 Å². The fourth-order valence-corrected chi connectivity index (χ4v) is 2.38. The summed E-state index contributed by atoms with van der Waals surface area (Å²) in [5.74, 6) is 1.74. The molecular formula is C16H28N2O2. The Kier molecular flexibility index (Phi) is 6.07. The molecule has 1 saturated carbocycles. The van der Waals surface area contributed by atoms with E-state index in [2.05, 4.69) is 30.1 Å². The fourth-order valence-electron chi connectivity index (χ4n) is 2.38. The average molecular weight is 280 g/mol. The first-order chi connectivity index (χ1) is 9.69. The van der Waals surface area contributed by atoms with E-state index in [0.717, 1.165) is 44.6 Å². The molecule has 20 heavy (non-hydrogen) atoms. The molecule has 0 radical (unpaired) electrons. The Hall–Kier alpha value is -0.840. The molecule has 1 fully saturated rings. The van der Waals surface area contributed by atoms with Gasteiger partial charge < -0.3 is 14.5 Å². The maximum absolute atomic E-state index is 5.69. The Morgan fingerprint density at radius 1 is 1.45 bits per heavy atom. The molecule has 0 bridgehead atoms. The zero-order chi connectivity index (χ0) is 14.4. The molecule has 2 rings (SSSR count). The molecule has 0 atom stereocenters. The molecule has 4 heteroatoms. The maximum atomic E-state index is 5.69. The predicted molar refractivity (Wildman–Crippen MR) is 80.6 cm³/mol. The average Bonchev–Trinajstić information content (AvgIpc) is 3.13. The second-order valence-electron chi connectivity index (χ2n) is 6.15. The molecule has 0 aliphatic heterocycles. The molecule has 1 heterocycles. The van der Waals surface area contributed by atoms with Crippen molar-refractivity contribution >= 4 is 0 Å². The molecule has 0 saturated heterocycles. The first kappa shape index (κ1) is 15.5. The number of nitrogens with one attached hydrogen (secondary N) is 1. The number of rotatable bonds is 10.